The van der Waals surface area contributed by atoms with Crippen molar-refractivity contribution in [3.8, 4) is 11.5 Å². The van der Waals surface area contributed by atoms with Crippen molar-refractivity contribution in [3.05, 3.63) is 22.3 Å². The molecular formula is C21H34O5. The quantitative estimate of drug-likeness (QED) is 0.276. The lowest BCUT2D eigenvalue weighted by Crippen LogP contribution is -2.12. The van der Waals surface area contributed by atoms with E-state index in [0.717, 1.165) is 24.0 Å². The van der Waals surface area contributed by atoms with Crippen molar-refractivity contribution in [2.24, 2.45) is 0 Å². The smallest absolute Gasteiger partial charge is 0.339 e. The van der Waals surface area contributed by atoms with E-state index in [9.17, 15) is 15.0 Å². The standard InChI is InChI=1S/C21H34O5/c1-5-9-10-11-12-13-14-25-26-20-17(8-4)15(6-2)16(7-3)18(19(20)22)21(23)24/h22H,5-14H2,1-4H3,(H,23,24). The highest BCUT2D eigenvalue weighted by Crippen LogP contribution is 2.40. The number of hydrogen-bond donors (Lipinski definition) is 2. The SMILES string of the molecule is CCCCCCCCOOc1c(O)c(C(=O)O)c(CC)c(CC)c1CC. The number of aromatic carboxylic acids is 1. The van der Waals surface area contributed by atoms with Crippen molar-refractivity contribution in [1.82, 2.24) is 0 Å². The molecule has 0 spiro atoms. The topological polar surface area (TPSA) is 76.0 Å². The van der Waals surface area contributed by atoms with Crippen LogP contribution in [0.5, 0.6) is 11.5 Å². The molecule has 0 unspecified atom stereocenters. The third-order valence-electron chi connectivity index (χ3n) is 4.75. The second-order valence-corrected chi connectivity index (χ2v) is 6.53. The lowest BCUT2D eigenvalue weighted by molar-refractivity contribution is -0.208. The van der Waals surface area contributed by atoms with Crippen LogP contribution < -0.4 is 4.89 Å². The monoisotopic (exact) mass is 366 g/mol. The predicted molar refractivity (Wildman–Crippen MR) is 103 cm³/mol. The zero-order valence-corrected chi connectivity index (χ0v) is 16.7. The molecule has 1 rings (SSSR count). The minimum atomic E-state index is -1.14. The van der Waals surface area contributed by atoms with Crippen molar-refractivity contribution in [2.45, 2.75) is 85.5 Å². The first kappa shape index (κ1) is 22.3. The van der Waals surface area contributed by atoms with Crippen LogP contribution >= 0.6 is 0 Å². The molecule has 0 radical (unpaired) electrons. The third-order valence-corrected chi connectivity index (χ3v) is 4.75. The number of hydrogen-bond acceptors (Lipinski definition) is 4. The number of rotatable bonds is 13. The summed E-state index contributed by atoms with van der Waals surface area (Å²) in [6.07, 6.45) is 8.71. The van der Waals surface area contributed by atoms with Gasteiger partial charge < -0.3 is 15.1 Å². The Morgan fingerprint density at radius 1 is 0.846 bits per heavy atom. The zero-order chi connectivity index (χ0) is 19.5. The molecule has 26 heavy (non-hydrogen) atoms. The van der Waals surface area contributed by atoms with Crippen LogP contribution in [0.2, 0.25) is 0 Å². The highest BCUT2D eigenvalue weighted by molar-refractivity contribution is 5.94. The molecule has 0 atom stereocenters. The van der Waals surface area contributed by atoms with Gasteiger partial charge in [0.1, 0.15) is 5.56 Å². The van der Waals surface area contributed by atoms with Crippen LogP contribution in [0.1, 0.15) is 93.3 Å². The van der Waals surface area contributed by atoms with Crippen molar-refractivity contribution >= 4 is 5.97 Å². The van der Waals surface area contributed by atoms with Gasteiger partial charge in [0.05, 0.1) is 6.61 Å². The Balaban J connectivity index is 2.90. The highest BCUT2D eigenvalue weighted by atomic mass is 17.2. The summed E-state index contributed by atoms with van der Waals surface area (Å²) in [5, 5.41) is 20.1. The van der Waals surface area contributed by atoms with Gasteiger partial charge in [-0.05, 0) is 36.8 Å². The van der Waals surface area contributed by atoms with Crippen LogP contribution in [0.15, 0.2) is 0 Å². The Hall–Kier alpha value is -1.75. The first-order chi connectivity index (χ1) is 12.5. The lowest BCUT2D eigenvalue weighted by atomic mass is 9.89. The van der Waals surface area contributed by atoms with E-state index in [2.05, 4.69) is 6.92 Å². The van der Waals surface area contributed by atoms with E-state index in [-0.39, 0.29) is 17.1 Å². The number of unbranched alkanes of at least 4 members (excludes halogenated alkanes) is 5. The van der Waals surface area contributed by atoms with Crippen molar-refractivity contribution < 1.29 is 24.8 Å². The lowest BCUT2D eigenvalue weighted by Gasteiger charge is -2.20. The molecule has 1 aromatic rings. The van der Waals surface area contributed by atoms with E-state index >= 15 is 0 Å². The second-order valence-electron chi connectivity index (χ2n) is 6.53. The van der Waals surface area contributed by atoms with Gasteiger partial charge >= 0.3 is 5.97 Å². The predicted octanol–water partition coefficient (Wildman–Crippen LogP) is 5.45. The highest BCUT2D eigenvalue weighted by Gasteiger charge is 2.26. The minimum Gasteiger partial charge on any atom is -0.504 e. The van der Waals surface area contributed by atoms with Crippen molar-refractivity contribution in [3.63, 3.8) is 0 Å². The molecule has 0 aliphatic heterocycles. The molecule has 0 amide bonds. The van der Waals surface area contributed by atoms with Gasteiger partial charge in [0.15, 0.2) is 5.75 Å². The number of carboxylic acid groups (broad SMARTS) is 1. The maximum Gasteiger partial charge on any atom is 0.339 e. The molecule has 5 nitrogen and oxygen atoms in total. The molecule has 0 aliphatic carbocycles. The molecule has 5 heteroatoms. The maximum atomic E-state index is 11.7. The van der Waals surface area contributed by atoms with Gasteiger partial charge in [-0.2, -0.15) is 4.89 Å². The summed E-state index contributed by atoms with van der Waals surface area (Å²) in [6.45, 7) is 8.46. The summed E-state index contributed by atoms with van der Waals surface area (Å²) in [7, 11) is 0. The van der Waals surface area contributed by atoms with Crippen LogP contribution in [0.25, 0.3) is 0 Å². The number of carbonyl (C=O) groups is 1. The van der Waals surface area contributed by atoms with E-state index in [1.54, 1.807) is 0 Å². The van der Waals surface area contributed by atoms with Crippen LogP contribution in [-0.2, 0) is 24.2 Å². The molecule has 0 saturated heterocycles. The number of benzene rings is 1. The minimum absolute atomic E-state index is 0.0697. The molecule has 1 aromatic carbocycles. The third kappa shape index (κ3) is 5.63. The summed E-state index contributed by atoms with van der Waals surface area (Å²) < 4.78 is 0. The number of carboxylic acids is 1. The number of phenols is 1. The fourth-order valence-corrected chi connectivity index (χ4v) is 3.42. The van der Waals surface area contributed by atoms with Crippen LogP contribution in [0.3, 0.4) is 0 Å². The Kier molecular flexibility index (Phi) is 10.1. The van der Waals surface area contributed by atoms with Crippen LogP contribution in [-0.4, -0.2) is 22.8 Å². The van der Waals surface area contributed by atoms with Crippen molar-refractivity contribution in [2.75, 3.05) is 6.61 Å². The van der Waals surface area contributed by atoms with Gasteiger partial charge in [-0.15, -0.1) is 0 Å². The first-order valence-corrected chi connectivity index (χ1v) is 9.95. The summed E-state index contributed by atoms with van der Waals surface area (Å²) in [4.78, 5) is 22.4. The normalized spacial score (nSPS) is 10.9. The van der Waals surface area contributed by atoms with E-state index < -0.39 is 5.97 Å². The maximum absolute atomic E-state index is 11.7. The Labute approximate surface area is 157 Å². The molecule has 0 heterocycles. The molecule has 2 N–H and O–H groups in total. The molecular weight excluding hydrogens is 332 g/mol. The van der Waals surface area contributed by atoms with Gasteiger partial charge in [-0.25, -0.2) is 4.79 Å². The van der Waals surface area contributed by atoms with E-state index in [4.69, 9.17) is 9.78 Å². The van der Waals surface area contributed by atoms with Crippen LogP contribution in [0.4, 0.5) is 0 Å². The average molecular weight is 366 g/mol. The van der Waals surface area contributed by atoms with Gasteiger partial charge in [0, 0.05) is 5.56 Å². The van der Waals surface area contributed by atoms with E-state index in [1.165, 1.54) is 25.7 Å². The van der Waals surface area contributed by atoms with Crippen LogP contribution in [0, 0.1) is 0 Å². The van der Waals surface area contributed by atoms with Gasteiger partial charge in [0.2, 0.25) is 5.75 Å². The van der Waals surface area contributed by atoms with Gasteiger partial charge in [0.25, 0.3) is 0 Å². The molecule has 0 bridgehead atoms. The molecule has 0 aromatic heterocycles. The largest absolute Gasteiger partial charge is 0.504 e. The summed E-state index contributed by atoms with van der Waals surface area (Å²) in [5.74, 6) is -1.31. The van der Waals surface area contributed by atoms with E-state index in [1.807, 2.05) is 20.8 Å². The second kappa shape index (κ2) is 11.8. The van der Waals surface area contributed by atoms with Gasteiger partial charge in [-0.1, -0.05) is 59.8 Å². The Bertz CT molecular complexity index is 580. The molecule has 0 aliphatic rings. The molecule has 148 valence electrons. The fourth-order valence-electron chi connectivity index (χ4n) is 3.42. The number of aromatic hydroxyl groups is 1. The fraction of sp³-hybridized carbons (Fsp3) is 0.667. The zero-order valence-electron chi connectivity index (χ0n) is 16.7. The summed E-state index contributed by atoms with van der Waals surface area (Å²) in [6, 6.07) is 0. The van der Waals surface area contributed by atoms with Gasteiger partial charge in [-0.3, -0.25) is 0 Å². The Morgan fingerprint density at radius 2 is 1.42 bits per heavy atom. The van der Waals surface area contributed by atoms with E-state index in [0.29, 0.717) is 31.4 Å². The molecule has 0 saturated carbocycles. The summed E-state index contributed by atoms with van der Waals surface area (Å²) >= 11 is 0. The first-order valence-electron chi connectivity index (χ1n) is 9.95. The summed E-state index contributed by atoms with van der Waals surface area (Å²) in [5.41, 5.74) is 2.37. The average Bonchev–Trinajstić information content (AvgIpc) is 2.63. The van der Waals surface area contributed by atoms with Crippen molar-refractivity contribution in [1.29, 1.82) is 0 Å². The Morgan fingerprint density at radius 3 is 1.96 bits per heavy atom. The molecule has 0 fully saturated rings.